The zero-order valence-electron chi connectivity index (χ0n) is 16.3. The fraction of sp³-hybridized carbons (Fsp3) is 0.800. The molecule has 0 spiro atoms. The maximum atomic E-state index is 13.0. The summed E-state index contributed by atoms with van der Waals surface area (Å²) in [5.41, 5.74) is -0.681. The van der Waals surface area contributed by atoms with Crippen molar-refractivity contribution in [2.45, 2.75) is 75.5 Å². The van der Waals surface area contributed by atoms with Gasteiger partial charge in [-0.05, 0) is 70.1 Å². The molecule has 5 aliphatic rings. The van der Waals surface area contributed by atoms with Crippen LogP contribution >= 0.6 is 0 Å². The molecule has 2 heterocycles. The fourth-order valence-corrected chi connectivity index (χ4v) is 6.66. The Morgan fingerprint density at radius 1 is 1.29 bits per heavy atom. The molecule has 1 saturated heterocycles. The topological polar surface area (TPSA) is 109 Å². The molecular formula is C20H28N4O4. The molecular weight excluding hydrogens is 360 g/mol. The third kappa shape index (κ3) is 3.06. The number of carbonyl (C=O) groups excluding carboxylic acids is 2. The molecule has 4 aliphatic carbocycles. The van der Waals surface area contributed by atoms with Gasteiger partial charge in [0, 0.05) is 12.1 Å². The number of likely N-dealkylation sites (tertiary alicyclic amines) is 1. The minimum absolute atomic E-state index is 0.0153. The second kappa shape index (κ2) is 6.35. The maximum Gasteiger partial charge on any atom is 0.296 e. The SMILES string of the molecule is Cc1noc(C(=O)C2CCCN2C(=O)CNC23CC4CC(CC(O)(C4)C2)C3)n1. The Morgan fingerprint density at radius 2 is 2.04 bits per heavy atom. The van der Waals surface area contributed by atoms with E-state index in [-0.39, 0.29) is 29.7 Å². The number of aliphatic hydroxyl groups is 1. The number of nitrogens with one attached hydrogen (secondary N) is 1. The highest BCUT2D eigenvalue weighted by atomic mass is 16.5. The molecule has 5 fully saturated rings. The molecule has 152 valence electrons. The smallest absolute Gasteiger partial charge is 0.296 e. The van der Waals surface area contributed by atoms with E-state index in [1.54, 1.807) is 11.8 Å². The van der Waals surface area contributed by atoms with E-state index in [0.717, 1.165) is 38.5 Å². The molecule has 8 heteroatoms. The summed E-state index contributed by atoms with van der Waals surface area (Å²) in [6, 6.07) is -0.519. The van der Waals surface area contributed by atoms with E-state index in [9.17, 15) is 14.7 Å². The molecule has 1 aliphatic heterocycles. The summed E-state index contributed by atoms with van der Waals surface area (Å²) in [7, 11) is 0. The molecule has 1 aromatic rings. The second-order valence-corrected chi connectivity index (χ2v) is 9.58. The molecule has 3 unspecified atom stereocenters. The molecule has 0 radical (unpaired) electrons. The lowest BCUT2D eigenvalue weighted by molar-refractivity contribution is -0.147. The van der Waals surface area contributed by atoms with Gasteiger partial charge in [-0.3, -0.25) is 9.59 Å². The first-order valence-electron chi connectivity index (χ1n) is 10.5. The number of ketones is 1. The number of hydrogen-bond acceptors (Lipinski definition) is 7. The van der Waals surface area contributed by atoms with Gasteiger partial charge in [0.15, 0.2) is 5.82 Å². The van der Waals surface area contributed by atoms with Crippen molar-refractivity contribution in [1.82, 2.24) is 20.4 Å². The Kier molecular flexibility index (Phi) is 4.14. The van der Waals surface area contributed by atoms with Crippen molar-refractivity contribution in [1.29, 1.82) is 0 Å². The Hall–Kier alpha value is -1.80. The van der Waals surface area contributed by atoms with Gasteiger partial charge in [0.1, 0.15) is 6.04 Å². The molecule has 1 aromatic heterocycles. The molecule has 3 atom stereocenters. The van der Waals surface area contributed by atoms with Crippen molar-refractivity contribution in [3.05, 3.63) is 11.7 Å². The minimum atomic E-state index is -0.553. The van der Waals surface area contributed by atoms with Crippen molar-refractivity contribution in [3.8, 4) is 0 Å². The van der Waals surface area contributed by atoms with Crippen molar-refractivity contribution in [3.63, 3.8) is 0 Å². The number of nitrogens with zero attached hydrogens (tertiary/aromatic N) is 3. The van der Waals surface area contributed by atoms with Crippen LogP contribution in [-0.4, -0.2) is 62.1 Å². The molecule has 8 nitrogen and oxygen atoms in total. The zero-order valence-corrected chi connectivity index (χ0v) is 16.3. The number of carbonyl (C=O) groups is 2. The first-order valence-corrected chi connectivity index (χ1v) is 10.5. The van der Waals surface area contributed by atoms with Crippen LogP contribution in [0.4, 0.5) is 0 Å². The second-order valence-electron chi connectivity index (χ2n) is 9.58. The lowest BCUT2D eigenvalue weighted by atomic mass is 9.51. The van der Waals surface area contributed by atoms with Crippen LogP contribution in [0, 0.1) is 18.8 Å². The molecule has 1 amide bonds. The fourth-order valence-electron chi connectivity index (χ4n) is 6.66. The number of amides is 1. The van der Waals surface area contributed by atoms with Crippen molar-refractivity contribution < 1.29 is 19.2 Å². The average molecular weight is 388 g/mol. The van der Waals surface area contributed by atoms with Crippen LogP contribution in [0.15, 0.2) is 4.52 Å². The minimum Gasteiger partial charge on any atom is -0.390 e. The van der Waals surface area contributed by atoms with E-state index < -0.39 is 11.6 Å². The number of hydrogen-bond donors (Lipinski definition) is 2. The average Bonchev–Trinajstić information content (AvgIpc) is 3.26. The van der Waals surface area contributed by atoms with Crippen LogP contribution in [0.3, 0.4) is 0 Å². The van der Waals surface area contributed by atoms with Crippen molar-refractivity contribution in [2.24, 2.45) is 11.8 Å². The lowest BCUT2D eigenvalue weighted by Gasteiger charge is -2.60. The van der Waals surface area contributed by atoms with Gasteiger partial charge in [0.05, 0.1) is 12.1 Å². The summed E-state index contributed by atoms with van der Waals surface area (Å²) in [6.07, 6.45) is 7.28. The quantitative estimate of drug-likeness (QED) is 0.730. The molecule has 6 rings (SSSR count). The van der Waals surface area contributed by atoms with E-state index in [2.05, 4.69) is 15.5 Å². The van der Waals surface area contributed by atoms with Crippen LogP contribution in [-0.2, 0) is 4.79 Å². The van der Waals surface area contributed by atoms with Gasteiger partial charge >= 0.3 is 0 Å². The number of Topliss-reactive ketones (excluding diaryl/α,β-unsaturated/α-hetero) is 1. The Morgan fingerprint density at radius 3 is 2.68 bits per heavy atom. The number of aryl methyl sites for hydroxylation is 1. The van der Waals surface area contributed by atoms with Crippen LogP contribution < -0.4 is 5.32 Å². The van der Waals surface area contributed by atoms with Gasteiger partial charge in [0.25, 0.3) is 5.89 Å². The van der Waals surface area contributed by atoms with Gasteiger partial charge < -0.3 is 19.8 Å². The molecule has 4 saturated carbocycles. The zero-order chi connectivity index (χ0) is 19.5. The van der Waals surface area contributed by atoms with Crippen LogP contribution in [0.1, 0.15) is 67.9 Å². The van der Waals surface area contributed by atoms with Crippen molar-refractivity contribution in [2.75, 3.05) is 13.1 Å². The normalized spacial score (nSPS) is 38.9. The van der Waals surface area contributed by atoms with Gasteiger partial charge in [-0.2, -0.15) is 4.98 Å². The summed E-state index contributed by atoms with van der Waals surface area (Å²) in [4.78, 5) is 31.3. The maximum absolute atomic E-state index is 13.0. The molecule has 4 bridgehead atoms. The highest BCUT2D eigenvalue weighted by molar-refractivity contribution is 5.99. The lowest BCUT2D eigenvalue weighted by Crippen LogP contribution is -2.65. The highest BCUT2D eigenvalue weighted by Crippen LogP contribution is 2.57. The first-order chi connectivity index (χ1) is 13.3. The van der Waals surface area contributed by atoms with Gasteiger partial charge in [-0.15, -0.1) is 0 Å². The summed E-state index contributed by atoms with van der Waals surface area (Å²) in [6.45, 7) is 2.45. The third-order valence-electron chi connectivity index (χ3n) is 7.26. The Balaban J connectivity index is 1.25. The number of rotatable bonds is 5. The Bertz CT molecular complexity index is 792. The van der Waals surface area contributed by atoms with E-state index >= 15 is 0 Å². The predicted octanol–water partition coefficient (Wildman–Crippen LogP) is 1.23. The van der Waals surface area contributed by atoms with Crippen LogP contribution in [0.25, 0.3) is 0 Å². The van der Waals surface area contributed by atoms with Gasteiger partial charge in [-0.1, -0.05) is 5.16 Å². The first kappa shape index (κ1) is 18.2. The van der Waals surface area contributed by atoms with E-state index in [0.29, 0.717) is 30.6 Å². The van der Waals surface area contributed by atoms with E-state index in [1.165, 1.54) is 6.42 Å². The standard InChI is InChI=1S/C20H28N4O4/c1-12-22-18(28-23-12)17(26)15-3-2-4-24(15)16(25)10-21-19-6-13-5-14(7-19)9-20(27,8-13)11-19/h13-15,21,27H,2-11H2,1H3. The van der Waals surface area contributed by atoms with Crippen LogP contribution in [0.5, 0.6) is 0 Å². The predicted molar refractivity (Wildman–Crippen MR) is 98.5 cm³/mol. The summed E-state index contributed by atoms with van der Waals surface area (Å²) in [5.74, 6) is 1.20. The summed E-state index contributed by atoms with van der Waals surface area (Å²) < 4.78 is 5.01. The molecule has 2 N–H and O–H groups in total. The summed E-state index contributed by atoms with van der Waals surface area (Å²) >= 11 is 0. The van der Waals surface area contributed by atoms with E-state index in [1.807, 2.05) is 0 Å². The largest absolute Gasteiger partial charge is 0.390 e. The molecule has 28 heavy (non-hydrogen) atoms. The van der Waals surface area contributed by atoms with Crippen LogP contribution in [0.2, 0.25) is 0 Å². The Labute approximate surface area is 164 Å². The highest BCUT2D eigenvalue weighted by Gasteiger charge is 2.57. The van der Waals surface area contributed by atoms with Gasteiger partial charge in [-0.25, -0.2) is 0 Å². The summed E-state index contributed by atoms with van der Waals surface area (Å²) in [5, 5.41) is 18.1. The molecule has 0 aromatic carbocycles. The van der Waals surface area contributed by atoms with Gasteiger partial charge in [0.2, 0.25) is 11.7 Å². The van der Waals surface area contributed by atoms with Crippen molar-refractivity contribution >= 4 is 11.7 Å². The monoisotopic (exact) mass is 388 g/mol. The van der Waals surface area contributed by atoms with E-state index in [4.69, 9.17) is 4.52 Å². The number of aromatic nitrogens is 2. The third-order valence-corrected chi connectivity index (χ3v) is 7.26.